The van der Waals surface area contributed by atoms with E-state index in [2.05, 4.69) is 33.2 Å². The van der Waals surface area contributed by atoms with E-state index >= 15 is 0 Å². The maximum atomic E-state index is 10.9. The van der Waals surface area contributed by atoms with Crippen molar-refractivity contribution < 1.29 is 10.2 Å². The van der Waals surface area contributed by atoms with Gasteiger partial charge in [-0.3, -0.25) is 0 Å². The number of nitrogen functional groups attached to an aromatic ring is 1. The van der Waals surface area contributed by atoms with Crippen molar-refractivity contribution in [3.63, 3.8) is 0 Å². The van der Waals surface area contributed by atoms with E-state index in [9.17, 15) is 10.2 Å². The molecule has 4 N–H and O–H groups in total. The van der Waals surface area contributed by atoms with Crippen molar-refractivity contribution in [1.29, 1.82) is 0 Å². The monoisotopic (exact) mass is 421 g/mol. The molecule has 0 saturated heterocycles. The number of nitrogens with zero attached hydrogens (tertiary/aromatic N) is 4. The molecule has 0 bridgehead atoms. The fraction of sp³-hybridized carbons (Fsp3) is 0.409. The van der Waals surface area contributed by atoms with Crippen LogP contribution in [0.2, 0.25) is 0 Å². The number of hydrogen-bond donors (Lipinski definition) is 3. The molecule has 4 aromatic rings. The van der Waals surface area contributed by atoms with Crippen molar-refractivity contribution in [3.8, 4) is 0 Å². The summed E-state index contributed by atoms with van der Waals surface area (Å²) in [5.74, 6) is 0.948. The van der Waals surface area contributed by atoms with Gasteiger partial charge in [0.1, 0.15) is 23.9 Å². The lowest BCUT2D eigenvalue weighted by molar-refractivity contribution is -0.0841. The molecule has 3 aromatic heterocycles. The summed E-state index contributed by atoms with van der Waals surface area (Å²) in [7, 11) is 0. The number of hydrogen-bond acceptors (Lipinski definition) is 7. The highest BCUT2D eigenvalue weighted by Gasteiger charge is 2.59. The topological polar surface area (TPSA) is 110 Å². The van der Waals surface area contributed by atoms with Crippen LogP contribution >= 0.6 is 11.3 Å². The van der Waals surface area contributed by atoms with Crippen LogP contribution in [-0.2, 0) is 6.42 Å². The fourth-order valence-corrected chi connectivity index (χ4v) is 6.42. The van der Waals surface area contributed by atoms with Gasteiger partial charge in [0.15, 0.2) is 0 Å². The SMILES string of the molecule is Nc1ncnc2c1ccn2[C@@H]1C[C@]2(C[C@@H](Cc3ccc4scnc4c3)C2)[C@@H](O)[C@H]1O. The Morgan fingerprint density at radius 2 is 2.00 bits per heavy atom. The Morgan fingerprint density at radius 3 is 2.87 bits per heavy atom. The van der Waals surface area contributed by atoms with E-state index < -0.39 is 12.2 Å². The number of anilines is 1. The summed E-state index contributed by atoms with van der Waals surface area (Å²) < 4.78 is 3.17. The average Bonchev–Trinajstić information content (AvgIpc) is 3.41. The van der Waals surface area contributed by atoms with Crippen molar-refractivity contribution in [2.45, 2.75) is 43.9 Å². The fourth-order valence-electron chi connectivity index (χ4n) is 5.76. The lowest BCUT2D eigenvalue weighted by Crippen LogP contribution is -2.46. The summed E-state index contributed by atoms with van der Waals surface area (Å²) in [6.45, 7) is 0. The average molecular weight is 422 g/mol. The molecule has 0 aliphatic heterocycles. The van der Waals surface area contributed by atoms with Crippen LogP contribution in [0, 0.1) is 11.3 Å². The van der Waals surface area contributed by atoms with E-state index in [0.717, 1.165) is 36.6 Å². The molecule has 2 saturated carbocycles. The maximum absolute atomic E-state index is 10.9. The van der Waals surface area contributed by atoms with Crippen LogP contribution < -0.4 is 5.73 Å². The zero-order chi connectivity index (χ0) is 20.5. The minimum Gasteiger partial charge on any atom is -0.390 e. The summed E-state index contributed by atoms with van der Waals surface area (Å²) in [5.41, 5.74) is 10.7. The van der Waals surface area contributed by atoms with Gasteiger partial charge < -0.3 is 20.5 Å². The summed E-state index contributed by atoms with van der Waals surface area (Å²) in [5, 5.41) is 22.6. The molecule has 6 rings (SSSR count). The van der Waals surface area contributed by atoms with Gasteiger partial charge in [-0.2, -0.15) is 0 Å². The number of aliphatic hydroxyl groups excluding tert-OH is 2. The summed E-state index contributed by atoms with van der Waals surface area (Å²) in [4.78, 5) is 12.8. The number of rotatable bonds is 3. The first kappa shape index (κ1) is 18.2. The first-order chi connectivity index (χ1) is 14.5. The minimum atomic E-state index is -0.816. The van der Waals surface area contributed by atoms with E-state index in [0.29, 0.717) is 17.4 Å². The largest absolute Gasteiger partial charge is 0.390 e. The Kier molecular flexibility index (Phi) is 3.93. The van der Waals surface area contributed by atoms with E-state index in [1.807, 2.05) is 22.3 Å². The lowest BCUT2D eigenvalue weighted by Gasteiger charge is -2.48. The number of fused-ring (bicyclic) bond motifs is 2. The standard InChI is InChI=1S/C22H23N5O2S/c23-20-14-3-4-27(21(14)25-10-24-20)16-9-22(19(29)18(16)28)7-13(8-22)5-12-1-2-17-15(6-12)26-11-30-17/h1-4,6,10-11,13,16,18-19,28-29H,5,7-9H2,(H2,23,24,25)/t13-,16-,18+,19+,22-/m1/s1. The third-order valence-corrected chi connectivity index (χ3v) is 7.98. The first-order valence-corrected chi connectivity index (χ1v) is 11.2. The van der Waals surface area contributed by atoms with Crippen LogP contribution in [0.15, 0.2) is 42.3 Å². The van der Waals surface area contributed by atoms with Crippen LogP contribution in [0.25, 0.3) is 21.3 Å². The molecule has 3 heterocycles. The Bertz CT molecular complexity index is 1240. The Hall–Kier alpha value is -2.55. The molecule has 2 aliphatic rings. The molecule has 8 heteroatoms. The summed E-state index contributed by atoms with van der Waals surface area (Å²) in [6.07, 6.45) is 5.37. The zero-order valence-corrected chi connectivity index (χ0v) is 17.2. The van der Waals surface area contributed by atoms with Gasteiger partial charge in [-0.15, -0.1) is 11.3 Å². The lowest BCUT2D eigenvalue weighted by atomic mass is 9.58. The highest BCUT2D eigenvalue weighted by molar-refractivity contribution is 7.16. The van der Waals surface area contributed by atoms with Crippen LogP contribution in [0.5, 0.6) is 0 Å². The molecular formula is C22H23N5O2S. The van der Waals surface area contributed by atoms with Gasteiger partial charge in [0.25, 0.3) is 0 Å². The first-order valence-electron chi connectivity index (χ1n) is 10.3. The van der Waals surface area contributed by atoms with Crippen LogP contribution in [-0.4, -0.2) is 41.9 Å². The van der Waals surface area contributed by atoms with E-state index in [1.54, 1.807) is 11.3 Å². The van der Waals surface area contributed by atoms with Crippen molar-refractivity contribution in [3.05, 3.63) is 47.9 Å². The van der Waals surface area contributed by atoms with Crippen molar-refractivity contribution in [2.24, 2.45) is 11.3 Å². The second-order valence-corrected chi connectivity index (χ2v) is 9.81. The van der Waals surface area contributed by atoms with Gasteiger partial charge in [-0.25, -0.2) is 15.0 Å². The van der Waals surface area contributed by atoms with Gasteiger partial charge >= 0.3 is 0 Å². The number of aromatic nitrogens is 4. The maximum Gasteiger partial charge on any atom is 0.145 e. The molecule has 154 valence electrons. The summed E-state index contributed by atoms with van der Waals surface area (Å²) in [6, 6.07) is 8.18. The van der Waals surface area contributed by atoms with E-state index in [4.69, 9.17) is 5.73 Å². The number of benzene rings is 1. The van der Waals surface area contributed by atoms with Gasteiger partial charge in [-0.05, 0) is 55.4 Å². The zero-order valence-electron chi connectivity index (χ0n) is 16.3. The van der Waals surface area contributed by atoms with Crippen molar-refractivity contribution in [2.75, 3.05) is 5.73 Å². The molecule has 2 fully saturated rings. The normalized spacial score (nSPS) is 31.0. The predicted octanol–water partition coefficient (Wildman–Crippen LogP) is 2.93. The second kappa shape index (κ2) is 6.47. The predicted molar refractivity (Wildman–Crippen MR) is 116 cm³/mol. The van der Waals surface area contributed by atoms with Crippen molar-refractivity contribution >= 4 is 38.4 Å². The van der Waals surface area contributed by atoms with Gasteiger partial charge in [0, 0.05) is 11.6 Å². The number of aliphatic hydroxyl groups is 2. The van der Waals surface area contributed by atoms with Gasteiger partial charge in [0.2, 0.25) is 0 Å². The molecule has 30 heavy (non-hydrogen) atoms. The van der Waals surface area contributed by atoms with E-state index in [-0.39, 0.29) is 11.5 Å². The van der Waals surface area contributed by atoms with Crippen LogP contribution in [0.3, 0.4) is 0 Å². The summed E-state index contributed by atoms with van der Waals surface area (Å²) >= 11 is 1.66. The Labute approximate surface area is 177 Å². The molecular weight excluding hydrogens is 398 g/mol. The third-order valence-electron chi connectivity index (χ3n) is 7.17. The Balaban J connectivity index is 1.21. The molecule has 1 spiro atoms. The molecule has 2 aliphatic carbocycles. The van der Waals surface area contributed by atoms with Crippen LogP contribution in [0.1, 0.15) is 30.9 Å². The number of thiazole rings is 1. The van der Waals surface area contributed by atoms with Crippen LogP contribution in [0.4, 0.5) is 5.82 Å². The molecule has 0 radical (unpaired) electrons. The second-order valence-electron chi connectivity index (χ2n) is 8.92. The van der Waals surface area contributed by atoms with E-state index in [1.165, 1.54) is 16.6 Å². The highest BCUT2D eigenvalue weighted by atomic mass is 32.1. The highest BCUT2D eigenvalue weighted by Crippen LogP contribution is 2.60. The molecule has 7 nitrogen and oxygen atoms in total. The number of nitrogens with two attached hydrogens (primary N) is 1. The van der Waals surface area contributed by atoms with Crippen molar-refractivity contribution in [1.82, 2.24) is 19.5 Å². The quantitative estimate of drug-likeness (QED) is 0.469. The smallest absolute Gasteiger partial charge is 0.145 e. The molecule has 3 atom stereocenters. The molecule has 0 amide bonds. The molecule has 0 unspecified atom stereocenters. The van der Waals surface area contributed by atoms with Gasteiger partial charge in [-0.1, -0.05) is 6.07 Å². The minimum absolute atomic E-state index is 0.209. The van der Waals surface area contributed by atoms with Gasteiger partial charge in [0.05, 0.1) is 33.3 Å². The Morgan fingerprint density at radius 1 is 1.13 bits per heavy atom. The molecule has 1 aromatic carbocycles. The third kappa shape index (κ3) is 2.60.